The first kappa shape index (κ1) is 19.0. The second-order valence-corrected chi connectivity index (χ2v) is 8.44. The Labute approximate surface area is 163 Å². The maximum Gasteiger partial charge on any atom is 0.281 e. The van der Waals surface area contributed by atoms with Crippen LogP contribution in [0, 0.1) is 24.1 Å². The van der Waals surface area contributed by atoms with Gasteiger partial charge in [0.1, 0.15) is 22.5 Å². The molecule has 0 atom stereocenters. The molecule has 138 valence electrons. The molecule has 0 fully saturated rings. The molecule has 0 aliphatic carbocycles. The number of benzene rings is 1. The van der Waals surface area contributed by atoms with Crippen LogP contribution in [0.1, 0.15) is 10.4 Å². The summed E-state index contributed by atoms with van der Waals surface area (Å²) < 4.78 is 40.8. The van der Waals surface area contributed by atoms with Crippen molar-refractivity contribution < 1.29 is 12.8 Å². The molecule has 27 heavy (non-hydrogen) atoms. The fraction of sp³-hybridized carbons (Fsp3) is 0.0625. The van der Waals surface area contributed by atoms with Gasteiger partial charge in [0.15, 0.2) is 10.2 Å². The van der Waals surface area contributed by atoms with Crippen molar-refractivity contribution in [3.63, 3.8) is 0 Å². The zero-order chi connectivity index (χ0) is 19.8. The fourth-order valence-corrected chi connectivity index (χ4v) is 4.67. The number of nitriles is 1. The first-order valence-electron chi connectivity index (χ1n) is 7.32. The number of rotatable bonds is 4. The largest absolute Gasteiger partial charge is 0.397 e. The van der Waals surface area contributed by atoms with Gasteiger partial charge in [0.25, 0.3) is 10.0 Å². The molecule has 0 amide bonds. The summed E-state index contributed by atoms with van der Waals surface area (Å²) in [6.45, 7) is 1.56. The maximum absolute atomic E-state index is 13.4. The average Bonchev–Trinajstić information content (AvgIpc) is 2.99. The lowest BCUT2D eigenvalue weighted by Crippen LogP contribution is -2.16. The van der Waals surface area contributed by atoms with Crippen molar-refractivity contribution in [3.05, 3.63) is 51.7 Å². The highest BCUT2D eigenvalue weighted by Gasteiger charge is 2.22. The number of thiazole rings is 1. The Kier molecular flexibility index (Phi) is 5.01. The van der Waals surface area contributed by atoms with E-state index in [2.05, 4.69) is 14.7 Å². The van der Waals surface area contributed by atoms with E-state index < -0.39 is 15.8 Å². The smallest absolute Gasteiger partial charge is 0.281 e. The number of nitrogens with one attached hydrogen (secondary N) is 1. The molecule has 2 aromatic heterocycles. The highest BCUT2D eigenvalue weighted by molar-refractivity contribution is 7.92. The van der Waals surface area contributed by atoms with Gasteiger partial charge in [-0.25, -0.2) is 14.4 Å². The lowest BCUT2D eigenvalue weighted by Gasteiger charge is -2.07. The minimum atomic E-state index is -4.03. The molecule has 3 aromatic rings. The third-order valence-electron chi connectivity index (χ3n) is 3.45. The maximum atomic E-state index is 13.4. The minimum Gasteiger partial charge on any atom is -0.397 e. The zero-order valence-corrected chi connectivity index (χ0v) is 16.1. The molecule has 0 unspecified atom stereocenters. The quantitative estimate of drug-likeness (QED) is 0.661. The fourth-order valence-electron chi connectivity index (χ4n) is 2.31. The first-order chi connectivity index (χ1) is 12.7. The van der Waals surface area contributed by atoms with Crippen molar-refractivity contribution in [3.8, 4) is 17.3 Å². The number of nitrogens with zero attached hydrogens (tertiary/aromatic N) is 3. The summed E-state index contributed by atoms with van der Waals surface area (Å²) in [6, 6.07) is 7.29. The van der Waals surface area contributed by atoms with Crippen LogP contribution in [-0.4, -0.2) is 18.4 Å². The summed E-state index contributed by atoms with van der Waals surface area (Å²) in [6.07, 6.45) is 1.23. The van der Waals surface area contributed by atoms with Crippen molar-refractivity contribution in [2.24, 2.45) is 0 Å². The molecule has 3 N–H and O–H groups in total. The van der Waals surface area contributed by atoms with Crippen LogP contribution in [0.5, 0.6) is 0 Å². The lowest BCUT2D eigenvalue weighted by molar-refractivity contribution is 0.597. The van der Waals surface area contributed by atoms with Crippen LogP contribution in [0.2, 0.25) is 5.02 Å². The normalized spacial score (nSPS) is 11.2. The summed E-state index contributed by atoms with van der Waals surface area (Å²) in [7, 11) is -4.03. The Hall–Kier alpha value is -2.74. The number of hydrogen-bond donors (Lipinski definition) is 2. The molecule has 0 radical (unpaired) electrons. The van der Waals surface area contributed by atoms with Crippen LogP contribution in [0.3, 0.4) is 0 Å². The third-order valence-corrected chi connectivity index (χ3v) is 6.14. The van der Waals surface area contributed by atoms with Crippen molar-refractivity contribution in [2.45, 2.75) is 11.9 Å². The number of anilines is 2. The van der Waals surface area contributed by atoms with Crippen LogP contribution in [0.25, 0.3) is 11.3 Å². The molecule has 0 aliphatic rings. The number of aryl methyl sites for hydroxylation is 1. The second-order valence-electron chi connectivity index (χ2n) is 5.43. The van der Waals surface area contributed by atoms with Gasteiger partial charge in [-0.05, 0) is 36.8 Å². The van der Waals surface area contributed by atoms with E-state index >= 15 is 0 Å². The molecule has 0 bridgehead atoms. The van der Waals surface area contributed by atoms with Crippen LogP contribution < -0.4 is 10.5 Å². The van der Waals surface area contributed by atoms with E-state index in [9.17, 15) is 18.1 Å². The lowest BCUT2D eigenvalue weighted by atomic mass is 10.1. The van der Waals surface area contributed by atoms with Crippen LogP contribution >= 0.6 is 22.9 Å². The average molecular weight is 424 g/mol. The summed E-state index contributed by atoms with van der Waals surface area (Å²) in [5.74, 6) is -0.611. The van der Waals surface area contributed by atoms with Gasteiger partial charge >= 0.3 is 0 Å². The van der Waals surface area contributed by atoms with Gasteiger partial charge in [0.2, 0.25) is 0 Å². The predicted molar refractivity (Wildman–Crippen MR) is 101 cm³/mol. The molecule has 0 saturated heterocycles. The summed E-state index contributed by atoms with van der Waals surface area (Å²) >= 11 is 6.61. The molecule has 1 aromatic carbocycles. The number of halogens is 2. The molecule has 2 heterocycles. The summed E-state index contributed by atoms with van der Waals surface area (Å²) in [4.78, 5) is 8.15. The Morgan fingerprint density at radius 3 is 2.74 bits per heavy atom. The SMILES string of the molecule is Cc1cc(N)cnc1S(=O)(=O)Nc1nc(-c2ccc(F)c(Cl)c2)c(C#N)s1. The molecule has 0 aliphatic heterocycles. The molecule has 0 spiro atoms. The monoisotopic (exact) mass is 423 g/mol. The van der Waals surface area contributed by atoms with Gasteiger partial charge < -0.3 is 5.73 Å². The van der Waals surface area contributed by atoms with Gasteiger partial charge in [0, 0.05) is 5.56 Å². The molecule has 11 heteroatoms. The predicted octanol–water partition coefficient (Wildman–Crippen LogP) is 3.56. The molecule has 0 saturated carbocycles. The van der Waals surface area contributed by atoms with E-state index in [4.69, 9.17) is 17.3 Å². The number of sulfonamides is 1. The van der Waals surface area contributed by atoms with Crippen molar-refractivity contribution in [1.29, 1.82) is 5.26 Å². The molecule has 7 nitrogen and oxygen atoms in total. The minimum absolute atomic E-state index is 0.0278. The Morgan fingerprint density at radius 2 is 2.11 bits per heavy atom. The number of nitrogen functional groups attached to an aromatic ring is 1. The first-order valence-corrected chi connectivity index (χ1v) is 10.0. The molecular weight excluding hydrogens is 413 g/mol. The van der Waals surface area contributed by atoms with E-state index in [1.54, 1.807) is 6.92 Å². The topological polar surface area (TPSA) is 122 Å². The van der Waals surface area contributed by atoms with Crippen molar-refractivity contribution in [1.82, 2.24) is 9.97 Å². The zero-order valence-electron chi connectivity index (χ0n) is 13.7. The Morgan fingerprint density at radius 1 is 1.37 bits per heavy atom. The molecular formula is C16H11ClFN5O2S2. The van der Waals surface area contributed by atoms with Gasteiger partial charge in [-0.2, -0.15) is 13.7 Å². The summed E-state index contributed by atoms with van der Waals surface area (Å²) in [5.41, 5.74) is 6.88. The van der Waals surface area contributed by atoms with Crippen molar-refractivity contribution >= 4 is 43.8 Å². The van der Waals surface area contributed by atoms with Gasteiger partial charge in [-0.3, -0.25) is 4.72 Å². The number of aromatic nitrogens is 2. The standard InChI is InChI=1S/C16H11ClFN5O2S2/c1-8-4-10(20)7-21-15(8)27(24,25)23-16-22-14(13(6-19)26-16)9-2-3-12(18)11(17)5-9/h2-5,7H,20H2,1H3,(H,22,23). The Bertz CT molecular complexity index is 1190. The third kappa shape index (κ3) is 3.85. The van der Waals surface area contributed by atoms with Crippen molar-refractivity contribution in [2.75, 3.05) is 10.5 Å². The van der Waals surface area contributed by atoms with Crippen LogP contribution in [0.15, 0.2) is 35.5 Å². The number of pyridine rings is 1. The van der Waals surface area contributed by atoms with Gasteiger partial charge in [-0.15, -0.1) is 0 Å². The Balaban J connectivity index is 2.00. The van der Waals surface area contributed by atoms with E-state index in [-0.39, 0.29) is 25.8 Å². The van der Waals surface area contributed by atoms with E-state index in [1.807, 2.05) is 6.07 Å². The highest BCUT2D eigenvalue weighted by atomic mass is 35.5. The second kappa shape index (κ2) is 7.11. The molecule has 3 rings (SSSR count). The van der Waals surface area contributed by atoms with E-state index in [1.165, 1.54) is 24.4 Å². The summed E-state index contributed by atoms with van der Waals surface area (Å²) in [5, 5.41) is 8.96. The van der Waals surface area contributed by atoms with E-state index in [0.717, 1.165) is 17.4 Å². The van der Waals surface area contributed by atoms with Crippen LogP contribution in [-0.2, 0) is 10.0 Å². The van der Waals surface area contributed by atoms with E-state index in [0.29, 0.717) is 16.8 Å². The number of hydrogen-bond acceptors (Lipinski definition) is 7. The van der Waals surface area contributed by atoms with Crippen LogP contribution in [0.4, 0.5) is 15.2 Å². The number of nitrogens with two attached hydrogens (primary N) is 1. The highest BCUT2D eigenvalue weighted by Crippen LogP contribution is 2.33. The van der Waals surface area contributed by atoms with Gasteiger partial charge in [0.05, 0.1) is 16.9 Å². The van der Waals surface area contributed by atoms with Gasteiger partial charge in [-0.1, -0.05) is 22.9 Å².